The van der Waals surface area contributed by atoms with Gasteiger partial charge in [-0.1, -0.05) is 0 Å². The zero-order valence-corrected chi connectivity index (χ0v) is 8.01. The zero-order valence-electron chi connectivity index (χ0n) is 7.19. The number of hydrogen-bond donors (Lipinski definition) is 1. The molecule has 1 rings (SSSR count). The predicted molar refractivity (Wildman–Crippen MR) is 50.8 cm³/mol. The van der Waals surface area contributed by atoms with Gasteiger partial charge in [0, 0.05) is 6.54 Å². The number of likely N-dealkylation sites (tertiary alicyclic amines) is 1. The fourth-order valence-corrected chi connectivity index (χ4v) is 1.38. The summed E-state index contributed by atoms with van der Waals surface area (Å²) in [5.41, 5.74) is 6.11. The van der Waals surface area contributed by atoms with E-state index in [1.54, 1.807) is 10.8 Å². The lowest BCUT2D eigenvalue weighted by atomic mass is 10.0. The quantitative estimate of drug-likeness (QED) is 0.482. The largest absolute Gasteiger partial charge is 0.351 e. The van der Waals surface area contributed by atoms with E-state index in [4.69, 9.17) is 11.0 Å². The molecule has 5 heteroatoms. The number of halogens is 1. The van der Waals surface area contributed by atoms with Crippen molar-refractivity contribution in [1.82, 2.24) is 4.90 Å². The van der Waals surface area contributed by atoms with E-state index >= 15 is 0 Å². The lowest BCUT2D eigenvalue weighted by Crippen LogP contribution is -2.41. The Labute approximate surface area is 83.4 Å². The topological polar surface area (TPSA) is 70.1 Å². The van der Waals surface area contributed by atoms with Gasteiger partial charge in [-0.2, -0.15) is 5.26 Å². The molecule has 0 aromatic carbocycles. The van der Waals surface area contributed by atoms with Crippen molar-refractivity contribution in [2.24, 2.45) is 5.73 Å². The molecule has 1 atom stereocenters. The van der Waals surface area contributed by atoms with Crippen LogP contribution in [0.5, 0.6) is 0 Å². The summed E-state index contributed by atoms with van der Waals surface area (Å²) in [6, 6.07) is 1.76. The van der Waals surface area contributed by atoms with E-state index < -0.39 is 0 Å². The molecule has 1 fully saturated rings. The van der Waals surface area contributed by atoms with E-state index in [0.29, 0.717) is 5.70 Å². The molecule has 0 spiro atoms. The molecule has 72 valence electrons. The minimum Gasteiger partial charge on any atom is -0.351 e. The molecule has 1 aliphatic heterocycles. The van der Waals surface area contributed by atoms with Crippen LogP contribution in [0, 0.1) is 11.3 Å². The highest BCUT2D eigenvalue weighted by Crippen LogP contribution is 2.16. The van der Waals surface area contributed by atoms with Gasteiger partial charge in [0.2, 0.25) is 0 Å². The summed E-state index contributed by atoms with van der Waals surface area (Å²) in [6.07, 6.45) is 1.75. The molecule has 1 saturated heterocycles. The number of nitrogens with two attached hydrogens (primary N) is 1. The number of nitrogens with zero attached hydrogens (tertiary/aromatic N) is 2. The predicted octanol–water partition coefficient (Wildman–Crippen LogP) is 0.0704. The summed E-state index contributed by atoms with van der Waals surface area (Å²) in [7, 11) is 0. The van der Waals surface area contributed by atoms with Crippen molar-refractivity contribution in [2.45, 2.75) is 18.9 Å². The summed E-state index contributed by atoms with van der Waals surface area (Å²) in [5.74, 6) is 1.81. The number of hydrogen-bond acceptors (Lipinski definition) is 4. The van der Waals surface area contributed by atoms with E-state index in [0.717, 1.165) is 19.4 Å². The highest BCUT2D eigenvalue weighted by atomic mass is 35.5. The monoisotopic (exact) mass is 201 g/mol. The molecule has 0 radical (unpaired) electrons. The first-order valence-electron chi connectivity index (χ1n) is 3.92. The summed E-state index contributed by atoms with van der Waals surface area (Å²) in [5, 5.41) is 8.44. The van der Waals surface area contributed by atoms with Gasteiger partial charge < -0.3 is 10.6 Å². The van der Waals surface area contributed by atoms with Crippen LogP contribution in [-0.2, 0) is 4.79 Å². The van der Waals surface area contributed by atoms with E-state index in [1.807, 2.05) is 6.07 Å². The summed E-state index contributed by atoms with van der Waals surface area (Å²) in [4.78, 5) is 12.2. The third kappa shape index (κ3) is 2.74. The average molecular weight is 202 g/mol. The maximum absolute atomic E-state index is 10.5. The van der Waals surface area contributed by atoms with Crippen LogP contribution in [0.1, 0.15) is 12.8 Å². The third-order valence-electron chi connectivity index (χ3n) is 2.00. The van der Waals surface area contributed by atoms with Gasteiger partial charge in [0.15, 0.2) is 0 Å². The van der Waals surface area contributed by atoms with Crippen LogP contribution in [0.3, 0.4) is 0 Å². The molecule has 1 aliphatic rings. The van der Waals surface area contributed by atoms with Gasteiger partial charge in [0.1, 0.15) is 18.2 Å². The molecule has 1 heterocycles. The van der Waals surface area contributed by atoms with Crippen LogP contribution in [0.2, 0.25) is 0 Å². The van der Waals surface area contributed by atoms with Crippen molar-refractivity contribution >= 4 is 18.3 Å². The van der Waals surface area contributed by atoms with Crippen molar-refractivity contribution in [3.63, 3.8) is 0 Å². The average Bonchev–Trinajstić information content (AvgIpc) is 2.05. The van der Waals surface area contributed by atoms with Crippen LogP contribution >= 0.6 is 12.4 Å². The normalized spacial score (nSPS) is 21.4. The first kappa shape index (κ1) is 12.0. The molecule has 2 N–H and O–H groups in total. The summed E-state index contributed by atoms with van der Waals surface area (Å²) in [6.45, 7) is 0.976. The second kappa shape index (κ2) is 5.60. The fourth-order valence-electron chi connectivity index (χ4n) is 1.38. The van der Waals surface area contributed by atoms with Crippen molar-refractivity contribution in [2.75, 3.05) is 13.1 Å². The van der Waals surface area contributed by atoms with Gasteiger partial charge in [-0.05, 0) is 12.8 Å². The molecule has 4 nitrogen and oxygen atoms in total. The van der Waals surface area contributed by atoms with Crippen LogP contribution in [0.15, 0.2) is 5.70 Å². The molecular weight excluding hydrogens is 190 g/mol. The van der Waals surface area contributed by atoms with Gasteiger partial charge in [0.25, 0.3) is 0 Å². The lowest BCUT2D eigenvalue weighted by Gasteiger charge is -2.30. The smallest absolute Gasteiger partial charge is 0.147 e. The summed E-state index contributed by atoms with van der Waals surface area (Å²) < 4.78 is 0. The van der Waals surface area contributed by atoms with E-state index in [1.165, 1.54) is 0 Å². The Morgan fingerprint density at radius 3 is 2.92 bits per heavy atom. The highest BCUT2D eigenvalue weighted by Gasteiger charge is 2.22. The number of carbonyl (C=O) groups excluding carboxylic acids is 1. The Hall–Kier alpha value is -1.01. The maximum atomic E-state index is 10.5. The highest BCUT2D eigenvalue weighted by molar-refractivity contribution is 5.85. The number of rotatable bonds is 1. The second-order valence-corrected chi connectivity index (χ2v) is 2.82. The molecule has 13 heavy (non-hydrogen) atoms. The minimum absolute atomic E-state index is 0. The Balaban J connectivity index is 0.00000144. The first-order valence-corrected chi connectivity index (χ1v) is 3.92. The van der Waals surface area contributed by atoms with E-state index in [9.17, 15) is 4.79 Å². The van der Waals surface area contributed by atoms with E-state index in [2.05, 4.69) is 0 Å². The van der Waals surface area contributed by atoms with Gasteiger partial charge in [-0.3, -0.25) is 0 Å². The maximum Gasteiger partial charge on any atom is 0.147 e. The first-order chi connectivity index (χ1) is 5.79. The molecule has 0 amide bonds. The van der Waals surface area contributed by atoms with Gasteiger partial charge in [-0.25, -0.2) is 4.79 Å². The van der Waals surface area contributed by atoms with Gasteiger partial charge in [-0.15, -0.1) is 12.4 Å². The SMILES string of the molecule is Cl.N#CCN1CCC[C@@H](N)C1=C=O. The van der Waals surface area contributed by atoms with Crippen LogP contribution < -0.4 is 5.73 Å². The Kier molecular flexibility index (Phi) is 5.17. The fraction of sp³-hybridized carbons (Fsp3) is 0.625. The third-order valence-corrected chi connectivity index (χ3v) is 2.00. The standard InChI is InChI=1S/C8H11N3O.ClH/c9-3-5-11-4-1-2-7(10)8(11)6-12;/h7H,1-2,4-5,10H2;1H/t7-;/m1./s1. The molecule has 0 aliphatic carbocycles. The Bertz CT molecular complexity index is 255. The van der Waals surface area contributed by atoms with E-state index in [-0.39, 0.29) is 25.0 Å². The molecule has 0 aromatic rings. The molecule has 0 unspecified atom stereocenters. The Morgan fingerprint density at radius 2 is 2.38 bits per heavy atom. The minimum atomic E-state index is -0.232. The number of piperidine rings is 1. The second-order valence-electron chi connectivity index (χ2n) is 2.82. The van der Waals surface area contributed by atoms with Crippen LogP contribution in [0.25, 0.3) is 0 Å². The van der Waals surface area contributed by atoms with Crippen LogP contribution in [0.4, 0.5) is 0 Å². The van der Waals surface area contributed by atoms with Crippen molar-refractivity contribution in [3.8, 4) is 6.07 Å². The number of nitriles is 1. The van der Waals surface area contributed by atoms with Gasteiger partial charge in [0.05, 0.1) is 12.1 Å². The summed E-state index contributed by atoms with van der Waals surface area (Å²) >= 11 is 0. The lowest BCUT2D eigenvalue weighted by molar-refractivity contribution is 0.301. The Morgan fingerprint density at radius 1 is 1.69 bits per heavy atom. The zero-order chi connectivity index (χ0) is 8.97. The van der Waals surface area contributed by atoms with Gasteiger partial charge >= 0.3 is 0 Å². The van der Waals surface area contributed by atoms with Crippen molar-refractivity contribution in [1.29, 1.82) is 5.26 Å². The van der Waals surface area contributed by atoms with Crippen LogP contribution in [-0.4, -0.2) is 30.0 Å². The molecule has 0 saturated carbocycles. The molecular formula is C8H12ClN3O. The molecule has 0 bridgehead atoms. The molecule has 0 aromatic heterocycles. The van der Waals surface area contributed by atoms with Crippen molar-refractivity contribution < 1.29 is 4.79 Å². The van der Waals surface area contributed by atoms with Crippen molar-refractivity contribution in [3.05, 3.63) is 5.70 Å².